The predicted molar refractivity (Wildman–Crippen MR) is 286 cm³/mol. The molecule has 0 bridgehead atoms. The van der Waals surface area contributed by atoms with Crippen LogP contribution in [0, 0.1) is 5.92 Å². The molecule has 9 rings (SSSR count). The van der Waals surface area contributed by atoms with Crippen LogP contribution in [0.2, 0.25) is 0 Å². The Hall–Kier alpha value is -7.61. The van der Waals surface area contributed by atoms with Crippen LogP contribution < -0.4 is 35.4 Å². The topological polar surface area (TPSA) is 155 Å². The lowest BCUT2D eigenvalue weighted by Crippen LogP contribution is -2.42. The second-order valence-corrected chi connectivity index (χ2v) is 19.9. The van der Waals surface area contributed by atoms with Crippen LogP contribution in [0.25, 0.3) is 10.9 Å². The molecule has 6 aromatic rings. The third-order valence-electron chi connectivity index (χ3n) is 14.8. The average Bonchev–Trinajstić information content (AvgIpc) is 3.91. The van der Waals surface area contributed by atoms with E-state index in [0.29, 0.717) is 90.3 Å². The molecule has 1 aliphatic carbocycles. The van der Waals surface area contributed by atoms with Crippen molar-refractivity contribution in [2.75, 3.05) is 62.5 Å². The summed E-state index contributed by atoms with van der Waals surface area (Å²) in [5.74, 6) is 0.0837. The van der Waals surface area contributed by atoms with Crippen molar-refractivity contribution in [1.82, 2.24) is 20.5 Å². The predicted octanol–water partition coefficient (Wildman–Crippen LogP) is 9.35. The van der Waals surface area contributed by atoms with Crippen molar-refractivity contribution in [3.8, 4) is 11.5 Å². The molecule has 1 fully saturated rings. The Morgan fingerprint density at radius 1 is 0.671 bits per heavy atom. The minimum Gasteiger partial charge on any atom is -0.456 e. The molecule has 4 amide bonds. The molecular weight excluding hydrogens is 919 g/mol. The summed E-state index contributed by atoms with van der Waals surface area (Å²) in [6.45, 7) is 5.65. The fourth-order valence-electron chi connectivity index (χ4n) is 10.7. The fourth-order valence-corrected chi connectivity index (χ4v) is 10.7. The smallest absolute Gasteiger partial charge is 0.340 e. The minimum atomic E-state index is -1.30. The van der Waals surface area contributed by atoms with Gasteiger partial charge in [0, 0.05) is 122 Å². The number of benzene rings is 5. The third kappa shape index (κ3) is 10.2. The molecule has 0 saturated heterocycles. The summed E-state index contributed by atoms with van der Waals surface area (Å²) in [5.41, 5.74) is 6.66. The molecule has 3 N–H and O–H groups in total. The van der Waals surface area contributed by atoms with Gasteiger partial charge in [-0.1, -0.05) is 50.1 Å². The number of aryl methyl sites for hydroxylation is 1. The Morgan fingerprint density at radius 2 is 1.34 bits per heavy atom. The van der Waals surface area contributed by atoms with Gasteiger partial charge in [-0.25, -0.2) is 4.79 Å². The van der Waals surface area contributed by atoms with Gasteiger partial charge in [-0.3, -0.25) is 19.2 Å². The van der Waals surface area contributed by atoms with Crippen LogP contribution >= 0.6 is 0 Å². The van der Waals surface area contributed by atoms with E-state index < -0.39 is 11.6 Å². The van der Waals surface area contributed by atoms with Crippen LogP contribution in [0.4, 0.5) is 17.1 Å². The van der Waals surface area contributed by atoms with Crippen LogP contribution in [-0.2, 0) is 32.9 Å². The van der Waals surface area contributed by atoms with E-state index in [1.54, 1.807) is 23.1 Å². The molecule has 14 heteroatoms. The summed E-state index contributed by atoms with van der Waals surface area (Å²) >= 11 is 0. The summed E-state index contributed by atoms with van der Waals surface area (Å²) in [4.78, 5) is 73.9. The zero-order valence-electron chi connectivity index (χ0n) is 42.9. The van der Waals surface area contributed by atoms with E-state index in [1.807, 2.05) is 134 Å². The number of nitrogens with one attached hydrogen (secondary N) is 3. The standard InChI is InChI=1S/C59H67N7O7/c1-7-38-16-15-18-45(32-38)65(8-2)54(67)37-66-50-19-12-11-17-40(50)34-51(66)57(70)62-42-23-20-39(21-24-42)55(68)60-30-13-9-10-14-31-61-56(69)41-22-27-46-49(33-41)59(73-58(46)71)47-28-25-43(63(3)4)35-52(47)72-53-36-44(64(5)6)26-29-48(53)59/h11-12,15-19,22,25-29,32-36,39,42H,7-10,13-14,20-21,23-24,30-31,37H2,1-6H3,(H,60,68)(H,61,69)(H,62,70)/t39-,42-. The van der Waals surface area contributed by atoms with Crippen molar-refractivity contribution in [2.45, 2.75) is 89.8 Å². The number of anilines is 3. The first-order valence-corrected chi connectivity index (χ1v) is 25.8. The summed E-state index contributed by atoms with van der Waals surface area (Å²) in [6.07, 6.45) is 6.98. The second kappa shape index (κ2) is 21.6. The maximum Gasteiger partial charge on any atom is 0.340 e. The number of likely N-dealkylation sites (N-methyl/N-ethyl adjacent to an activating group) is 1. The highest BCUT2D eigenvalue weighted by atomic mass is 16.6. The first kappa shape index (κ1) is 50.3. The van der Waals surface area contributed by atoms with Gasteiger partial charge in [-0.15, -0.1) is 0 Å². The molecule has 0 unspecified atom stereocenters. The number of fused-ring (bicyclic) bond motifs is 7. The number of aromatic nitrogens is 1. The van der Waals surface area contributed by atoms with Crippen molar-refractivity contribution in [2.24, 2.45) is 5.92 Å². The molecule has 3 heterocycles. The Kier molecular flexibility index (Phi) is 14.9. The first-order valence-electron chi connectivity index (χ1n) is 25.8. The number of hydrogen-bond acceptors (Lipinski definition) is 9. The van der Waals surface area contributed by atoms with Crippen LogP contribution in [-0.4, -0.2) is 88.0 Å². The maximum absolute atomic E-state index is 13.9. The van der Waals surface area contributed by atoms with Crippen LogP contribution in [0.15, 0.2) is 109 Å². The number of esters is 1. The fraction of sp³-hybridized carbons (Fsp3) is 0.373. The Morgan fingerprint density at radius 3 is 2.00 bits per heavy atom. The molecule has 1 saturated carbocycles. The highest BCUT2D eigenvalue weighted by molar-refractivity contribution is 6.02. The van der Waals surface area contributed by atoms with Crippen molar-refractivity contribution in [3.63, 3.8) is 0 Å². The van der Waals surface area contributed by atoms with Gasteiger partial charge in [0.1, 0.15) is 23.7 Å². The molecule has 2 aliphatic heterocycles. The first-order chi connectivity index (χ1) is 35.3. The van der Waals surface area contributed by atoms with Gasteiger partial charge in [0.2, 0.25) is 11.8 Å². The zero-order chi connectivity index (χ0) is 51.4. The van der Waals surface area contributed by atoms with E-state index in [-0.39, 0.29) is 42.1 Å². The number of unbranched alkanes of at least 4 members (excludes halogenated alkanes) is 3. The van der Waals surface area contributed by atoms with Crippen molar-refractivity contribution >= 4 is 57.6 Å². The van der Waals surface area contributed by atoms with E-state index in [4.69, 9.17) is 9.47 Å². The molecule has 0 atom stereocenters. The Balaban J connectivity index is 0.729. The van der Waals surface area contributed by atoms with Gasteiger partial charge in [-0.2, -0.15) is 0 Å². The van der Waals surface area contributed by atoms with Gasteiger partial charge < -0.3 is 44.7 Å². The highest BCUT2D eigenvalue weighted by Crippen LogP contribution is 2.57. The quantitative estimate of drug-likeness (QED) is 0.0565. The number of carbonyl (C=O) groups is 5. The zero-order valence-corrected chi connectivity index (χ0v) is 42.9. The van der Waals surface area contributed by atoms with Crippen molar-refractivity contribution < 1.29 is 33.4 Å². The van der Waals surface area contributed by atoms with E-state index >= 15 is 0 Å². The number of para-hydroxylation sites is 1. The van der Waals surface area contributed by atoms with E-state index in [2.05, 4.69) is 28.9 Å². The van der Waals surface area contributed by atoms with Crippen LogP contribution in [0.5, 0.6) is 11.5 Å². The summed E-state index contributed by atoms with van der Waals surface area (Å²) in [6, 6.07) is 34.4. The monoisotopic (exact) mass is 986 g/mol. The third-order valence-corrected chi connectivity index (χ3v) is 14.8. The molecule has 73 heavy (non-hydrogen) atoms. The van der Waals surface area contributed by atoms with Crippen molar-refractivity contribution in [3.05, 3.63) is 148 Å². The number of hydrogen-bond donors (Lipinski definition) is 3. The van der Waals surface area contributed by atoms with E-state index in [9.17, 15) is 24.0 Å². The Bertz CT molecular complexity index is 3000. The van der Waals surface area contributed by atoms with Gasteiger partial charge in [0.05, 0.1) is 5.56 Å². The molecular formula is C59H67N7O7. The number of rotatable bonds is 18. The molecule has 5 aromatic carbocycles. The lowest BCUT2D eigenvalue weighted by atomic mass is 9.77. The van der Waals surface area contributed by atoms with Gasteiger partial charge in [-0.05, 0) is 124 Å². The SMILES string of the molecule is CCc1cccc(N(CC)C(=O)Cn2c(C(=O)N[C@H]3CC[C@H](C(=O)NCCCCCCNC(=O)c4ccc5c(c4)C4(OC5=O)c5ccc(N(C)C)cc5Oc5cc(N(C)C)ccc54)CC3)cc3ccccc32)c1. The minimum absolute atomic E-state index is 0.0303. The van der Waals surface area contributed by atoms with Crippen molar-refractivity contribution in [1.29, 1.82) is 0 Å². The number of carbonyl (C=O) groups excluding carboxylic acids is 5. The number of amides is 4. The van der Waals surface area contributed by atoms with E-state index in [1.165, 1.54) is 0 Å². The largest absolute Gasteiger partial charge is 0.456 e. The number of ether oxygens (including phenoxy) is 2. The van der Waals surface area contributed by atoms with Gasteiger partial charge >= 0.3 is 5.97 Å². The normalized spacial score (nSPS) is 16.1. The molecule has 14 nitrogen and oxygen atoms in total. The summed E-state index contributed by atoms with van der Waals surface area (Å²) in [7, 11) is 7.83. The average molecular weight is 986 g/mol. The molecule has 3 aliphatic rings. The lowest BCUT2D eigenvalue weighted by molar-refractivity contribution is -0.126. The van der Waals surface area contributed by atoms with Crippen LogP contribution in [0.1, 0.15) is 119 Å². The van der Waals surface area contributed by atoms with Gasteiger partial charge in [0.15, 0.2) is 5.60 Å². The second-order valence-electron chi connectivity index (χ2n) is 19.9. The summed E-state index contributed by atoms with van der Waals surface area (Å²) < 4.78 is 14.7. The summed E-state index contributed by atoms with van der Waals surface area (Å²) in [5, 5.41) is 10.3. The van der Waals surface area contributed by atoms with Gasteiger partial charge in [0.25, 0.3) is 11.8 Å². The Labute approximate surface area is 428 Å². The van der Waals surface area contributed by atoms with Crippen LogP contribution in [0.3, 0.4) is 0 Å². The van der Waals surface area contributed by atoms with E-state index in [0.717, 1.165) is 65.6 Å². The number of nitrogens with zero attached hydrogens (tertiary/aromatic N) is 4. The maximum atomic E-state index is 13.9. The molecule has 1 spiro atoms. The molecule has 1 aromatic heterocycles. The lowest BCUT2D eigenvalue weighted by Gasteiger charge is -2.37. The molecule has 0 radical (unpaired) electrons. The molecule has 380 valence electrons. The highest BCUT2D eigenvalue weighted by Gasteiger charge is 2.54.